The lowest BCUT2D eigenvalue weighted by Crippen LogP contribution is -2.17. The van der Waals surface area contributed by atoms with E-state index in [0.29, 0.717) is 17.2 Å². The molecule has 31 heavy (non-hydrogen) atoms. The Hall–Kier alpha value is -3.35. The van der Waals surface area contributed by atoms with Gasteiger partial charge in [0, 0.05) is 22.9 Å². The summed E-state index contributed by atoms with van der Waals surface area (Å²) in [5.41, 5.74) is 2.41. The highest BCUT2D eigenvalue weighted by atomic mass is 32.5. The van der Waals surface area contributed by atoms with E-state index in [2.05, 4.69) is 10.3 Å². The molecule has 0 aliphatic carbocycles. The first-order valence-corrected chi connectivity index (χ1v) is 11.8. The van der Waals surface area contributed by atoms with Crippen LogP contribution in [-0.4, -0.2) is 25.6 Å². The number of hydrogen-bond acceptors (Lipinski definition) is 8. The van der Waals surface area contributed by atoms with Crippen LogP contribution in [0.1, 0.15) is 11.1 Å². The number of rotatable bonds is 6. The maximum Gasteiger partial charge on any atom is 0.531 e. The molecule has 1 aliphatic heterocycles. The molecular formula is C22H19N2O5PS. The number of nitrogens with zero attached hydrogens (tertiary/aromatic N) is 2. The van der Waals surface area contributed by atoms with Crippen molar-refractivity contribution in [3.8, 4) is 17.2 Å². The van der Waals surface area contributed by atoms with E-state index in [4.69, 9.17) is 35.1 Å². The molecule has 0 unspecified atom stereocenters. The molecule has 0 atom stereocenters. The monoisotopic (exact) mass is 454 g/mol. The summed E-state index contributed by atoms with van der Waals surface area (Å²) in [4.78, 5) is 0. The third-order valence-electron chi connectivity index (χ3n) is 4.38. The predicted octanol–water partition coefficient (Wildman–Crippen LogP) is 5.16. The zero-order chi connectivity index (χ0) is 21.7. The molecule has 0 bridgehead atoms. The molecule has 0 spiro atoms. The second-order valence-corrected chi connectivity index (χ2v) is 9.10. The molecule has 0 saturated heterocycles. The molecule has 0 aromatic heterocycles. The van der Waals surface area contributed by atoms with Gasteiger partial charge in [0.1, 0.15) is 28.7 Å². The van der Waals surface area contributed by atoms with Crippen LogP contribution in [0.15, 0.2) is 89.2 Å². The average molecular weight is 454 g/mol. The summed E-state index contributed by atoms with van der Waals surface area (Å²) in [6, 6.07) is 23.8. The van der Waals surface area contributed by atoms with Crippen LogP contribution in [0.5, 0.6) is 17.2 Å². The molecule has 7 nitrogen and oxygen atoms in total. The van der Waals surface area contributed by atoms with Crippen LogP contribution < -0.4 is 14.0 Å². The number of hydrogen-bond donors (Lipinski definition) is 0. The van der Waals surface area contributed by atoms with Crippen LogP contribution in [0.2, 0.25) is 0 Å². The van der Waals surface area contributed by atoms with Gasteiger partial charge < -0.3 is 14.0 Å². The standard InChI is InChI=1S/C22H19N2O5PS/c1-25-18-12-8-16(9-13-18)21-22(17-10-14-19(26-2)15-11-17)24-29-30(31,28-23-21)27-20-6-4-3-5-7-20/h3-15H,1-2H3. The second kappa shape index (κ2) is 9.20. The minimum Gasteiger partial charge on any atom is -0.497 e. The molecule has 0 saturated carbocycles. The van der Waals surface area contributed by atoms with Crippen LogP contribution in [0.4, 0.5) is 0 Å². The fraction of sp³-hybridized carbons (Fsp3) is 0.0909. The molecule has 3 aromatic carbocycles. The van der Waals surface area contributed by atoms with E-state index in [0.717, 1.165) is 22.6 Å². The van der Waals surface area contributed by atoms with E-state index in [9.17, 15) is 0 Å². The van der Waals surface area contributed by atoms with Crippen molar-refractivity contribution in [2.45, 2.75) is 0 Å². The van der Waals surface area contributed by atoms with Crippen molar-refractivity contribution < 1.29 is 23.2 Å². The maximum absolute atomic E-state index is 5.79. The number of methoxy groups -OCH3 is 2. The van der Waals surface area contributed by atoms with Crippen LogP contribution in [0.3, 0.4) is 0 Å². The summed E-state index contributed by atoms with van der Waals surface area (Å²) >= 11 is 5.50. The van der Waals surface area contributed by atoms with Gasteiger partial charge in [-0.1, -0.05) is 28.5 Å². The third-order valence-corrected chi connectivity index (χ3v) is 6.00. The topological polar surface area (TPSA) is 70.9 Å². The first-order chi connectivity index (χ1) is 15.1. The summed E-state index contributed by atoms with van der Waals surface area (Å²) in [5, 5.41) is 8.62. The van der Waals surface area contributed by atoms with E-state index in [1.165, 1.54) is 0 Å². The Kier molecular flexibility index (Phi) is 6.21. The molecule has 1 heterocycles. The summed E-state index contributed by atoms with van der Waals surface area (Å²) in [6.07, 6.45) is 0. The largest absolute Gasteiger partial charge is 0.531 e. The van der Waals surface area contributed by atoms with Crippen LogP contribution in [0, 0.1) is 0 Å². The highest BCUT2D eigenvalue weighted by molar-refractivity contribution is 8.07. The minimum absolute atomic E-state index is 0.455. The van der Waals surface area contributed by atoms with Crippen molar-refractivity contribution in [2.24, 2.45) is 10.3 Å². The molecule has 158 valence electrons. The van der Waals surface area contributed by atoms with Gasteiger partial charge in [-0.2, -0.15) is 0 Å². The molecule has 0 fully saturated rings. The smallest absolute Gasteiger partial charge is 0.497 e. The Morgan fingerprint density at radius 2 is 1.10 bits per heavy atom. The lowest BCUT2D eigenvalue weighted by atomic mass is 10.00. The second-order valence-electron chi connectivity index (χ2n) is 6.35. The normalized spacial score (nSPS) is 14.8. The van der Waals surface area contributed by atoms with Gasteiger partial charge in [0.25, 0.3) is 0 Å². The fourth-order valence-electron chi connectivity index (χ4n) is 2.80. The van der Waals surface area contributed by atoms with Gasteiger partial charge in [0.05, 0.1) is 14.2 Å². The Bertz CT molecular complexity index is 1080. The van der Waals surface area contributed by atoms with Crippen molar-refractivity contribution in [1.29, 1.82) is 0 Å². The summed E-state index contributed by atoms with van der Waals surface area (Å²) < 4.78 is 27.5. The number of oxime groups is 2. The van der Waals surface area contributed by atoms with Crippen LogP contribution >= 0.6 is 6.72 Å². The minimum atomic E-state index is -3.32. The highest BCUT2D eigenvalue weighted by Crippen LogP contribution is 2.51. The van der Waals surface area contributed by atoms with Crippen LogP contribution in [-0.2, 0) is 21.1 Å². The van der Waals surface area contributed by atoms with Crippen molar-refractivity contribution in [1.82, 2.24) is 0 Å². The quantitative estimate of drug-likeness (QED) is 0.479. The van der Waals surface area contributed by atoms with Crippen molar-refractivity contribution in [2.75, 3.05) is 14.2 Å². The first kappa shape index (κ1) is 20.9. The fourth-order valence-corrected chi connectivity index (χ4v) is 4.10. The zero-order valence-electron chi connectivity index (χ0n) is 16.8. The van der Waals surface area contributed by atoms with Gasteiger partial charge in [-0.05, 0) is 60.7 Å². The Morgan fingerprint density at radius 1 is 0.645 bits per heavy atom. The lowest BCUT2D eigenvalue weighted by molar-refractivity contribution is 0.220. The number of benzene rings is 3. The molecule has 0 amide bonds. The number of ether oxygens (including phenoxy) is 2. The van der Waals surface area contributed by atoms with Crippen molar-refractivity contribution in [3.05, 3.63) is 90.0 Å². The Labute approximate surface area is 185 Å². The molecule has 9 heteroatoms. The molecular weight excluding hydrogens is 435 g/mol. The maximum atomic E-state index is 5.79. The molecule has 0 radical (unpaired) electrons. The third kappa shape index (κ3) is 4.87. The molecule has 4 rings (SSSR count). The Morgan fingerprint density at radius 3 is 1.52 bits per heavy atom. The summed E-state index contributed by atoms with van der Waals surface area (Å²) in [5.74, 6) is 1.95. The Balaban J connectivity index is 1.74. The summed E-state index contributed by atoms with van der Waals surface area (Å²) in [7, 11) is 3.21. The summed E-state index contributed by atoms with van der Waals surface area (Å²) in [6.45, 7) is -3.32. The van der Waals surface area contributed by atoms with E-state index in [1.54, 1.807) is 26.4 Å². The van der Waals surface area contributed by atoms with Gasteiger partial charge in [-0.3, -0.25) is 9.25 Å². The van der Waals surface area contributed by atoms with E-state index in [-0.39, 0.29) is 0 Å². The van der Waals surface area contributed by atoms with E-state index < -0.39 is 6.72 Å². The molecule has 0 N–H and O–H groups in total. The van der Waals surface area contributed by atoms with Gasteiger partial charge in [-0.25, -0.2) is 0 Å². The average Bonchev–Trinajstić information content (AvgIpc) is 2.99. The van der Waals surface area contributed by atoms with Gasteiger partial charge in [0.15, 0.2) is 0 Å². The SMILES string of the molecule is COc1ccc(C2=NOP(=S)(Oc3ccccc3)ON=C2c2ccc(OC)cc2)cc1. The lowest BCUT2D eigenvalue weighted by Gasteiger charge is -2.15. The highest BCUT2D eigenvalue weighted by Gasteiger charge is 2.31. The van der Waals surface area contributed by atoms with Crippen LogP contribution in [0.25, 0.3) is 0 Å². The van der Waals surface area contributed by atoms with Gasteiger partial charge in [-0.15, -0.1) is 0 Å². The zero-order valence-corrected chi connectivity index (χ0v) is 18.5. The van der Waals surface area contributed by atoms with Gasteiger partial charge >= 0.3 is 6.72 Å². The van der Waals surface area contributed by atoms with E-state index in [1.807, 2.05) is 66.7 Å². The first-order valence-electron chi connectivity index (χ1n) is 9.27. The molecule has 1 aliphatic rings. The van der Waals surface area contributed by atoms with Gasteiger partial charge in [0.2, 0.25) is 0 Å². The molecule has 3 aromatic rings. The van der Waals surface area contributed by atoms with E-state index >= 15 is 0 Å². The number of para-hydroxylation sites is 1. The van der Waals surface area contributed by atoms with Crippen molar-refractivity contribution >= 4 is 29.9 Å². The predicted molar refractivity (Wildman–Crippen MR) is 123 cm³/mol. The van der Waals surface area contributed by atoms with Crippen molar-refractivity contribution in [3.63, 3.8) is 0 Å².